The molecule has 0 saturated heterocycles. The van der Waals surface area contributed by atoms with Crippen molar-refractivity contribution in [2.75, 3.05) is 6.61 Å². The molecular weight excluding hydrogens is 240 g/mol. The van der Waals surface area contributed by atoms with Crippen LogP contribution in [0.15, 0.2) is 18.2 Å². The van der Waals surface area contributed by atoms with Crippen molar-refractivity contribution in [3.05, 3.63) is 34.6 Å². The Morgan fingerprint density at radius 1 is 1.47 bits per heavy atom. The standard InChI is InChI=1S/C10H13ClFNO.ClH/c11-7-3-4-8(9(12)6-7)10(13)2-1-5-14;/h3-4,6,10,14H,1-2,5,13H2;1H/t10-;/m1./s1. The molecule has 0 amide bonds. The van der Waals surface area contributed by atoms with Gasteiger partial charge in [0.05, 0.1) is 0 Å². The molecule has 0 fully saturated rings. The van der Waals surface area contributed by atoms with E-state index < -0.39 is 0 Å². The normalized spacial score (nSPS) is 12.0. The Morgan fingerprint density at radius 3 is 2.67 bits per heavy atom. The van der Waals surface area contributed by atoms with Gasteiger partial charge in [-0.05, 0) is 25.0 Å². The zero-order valence-corrected chi connectivity index (χ0v) is 9.69. The van der Waals surface area contributed by atoms with E-state index in [0.717, 1.165) is 0 Å². The third kappa shape index (κ3) is 4.34. The van der Waals surface area contributed by atoms with Crippen LogP contribution in [0.5, 0.6) is 0 Å². The maximum Gasteiger partial charge on any atom is 0.129 e. The molecule has 3 N–H and O–H groups in total. The van der Waals surface area contributed by atoms with E-state index in [4.69, 9.17) is 22.4 Å². The molecule has 1 aromatic rings. The van der Waals surface area contributed by atoms with Gasteiger partial charge in [0.1, 0.15) is 5.82 Å². The molecule has 0 bridgehead atoms. The molecule has 0 aliphatic heterocycles. The van der Waals surface area contributed by atoms with Crippen LogP contribution in [-0.4, -0.2) is 11.7 Å². The van der Waals surface area contributed by atoms with Gasteiger partial charge in [0.25, 0.3) is 0 Å². The van der Waals surface area contributed by atoms with Crippen molar-refractivity contribution in [3.8, 4) is 0 Å². The van der Waals surface area contributed by atoms with Gasteiger partial charge in [-0.1, -0.05) is 17.7 Å². The molecule has 1 aromatic carbocycles. The summed E-state index contributed by atoms with van der Waals surface area (Å²) < 4.78 is 13.3. The summed E-state index contributed by atoms with van der Waals surface area (Å²) in [5.74, 6) is -0.386. The third-order valence-electron chi connectivity index (χ3n) is 2.04. The monoisotopic (exact) mass is 253 g/mol. The first kappa shape index (κ1) is 14.6. The number of hydrogen-bond donors (Lipinski definition) is 2. The Bertz CT molecular complexity index is 309. The van der Waals surface area contributed by atoms with E-state index in [1.165, 1.54) is 6.07 Å². The summed E-state index contributed by atoms with van der Waals surface area (Å²) in [5.41, 5.74) is 6.18. The van der Waals surface area contributed by atoms with E-state index >= 15 is 0 Å². The molecule has 0 saturated carbocycles. The van der Waals surface area contributed by atoms with Crippen LogP contribution in [0.3, 0.4) is 0 Å². The van der Waals surface area contributed by atoms with Gasteiger partial charge in [0.15, 0.2) is 0 Å². The molecule has 0 radical (unpaired) electrons. The molecule has 0 unspecified atom stereocenters. The number of aliphatic hydroxyl groups is 1. The van der Waals surface area contributed by atoms with Gasteiger partial charge in [-0.25, -0.2) is 4.39 Å². The minimum absolute atomic E-state index is 0. The van der Waals surface area contributed by atoms with Gasteiger partial charge in [-0.2, -0.15) is 0 Å². The lowest BCUT2D eigenvalue weighted by Gasteiger charge is -2.12. The molecule has 5 heteroatoms. The van der Waals surface area contributed by atoms with Gasteiger partial charge in [0.2, 0.25) is 0 Å². The van der Waals surface area contributed by atoms with E-state index in [9.17, 15) is 4.39 Å². The van der Waals surface area contributed by atoms with Crippen LogP contribution in [0.2, 0.25) is 5.02 Å². The number of halogens is 3. The second-order valence-corrected chi connectivity index (χ2v) is 3.57. The molecule has 15 heavy (non-hydrogen) atoms. The molecule has 0 heterocycles. The fourth-order valence-electron chi connectivity index (χ4n) is 1.27. The first-order chi connectivity index (χ1) is 6.65. The van der Waals surface area contributed by atoms with Gasteiger partial charge in [0, 0.05) is 23.2 Å². The number of benzene rings is 1. The fraction of sp³-hybridized carbons (Fsp3) is 0.400. The van der Waals surface area contributed by atoms with E-state index in [1.807, 2.05) is 0 Å². The third-order valence-corrected chi connectivity index (χ3v) is 2.27. The van der Waals surface area contributed by atoms with Crippen LogP contribution in [0.4, 0.5) is 4.39 Å². The Balaban J connectivity index is 0.00000196. The Morgan fingerprint density at radius 2 is 2.13 bits per heavy atom. The highest BCUT2D eigenvalue weighted by atomic mass is 35.5. The van der Waals surface area contributed by atoms with Crippen molar-refractivity contribution in [1.82, 2.24) is 0 Å². The van der Waals surface area contributed by atoms with E-state index in [-0.39, 0.29) is 30.9 Å². The first-order valence-corrected chi connectivity index (χ1v) is 4.84. The van der Waals surface area contributed by atoms with Crippen LogP contribution >= 0.6 is 24.0 Å². The Labute approximate surface area is 99.6 Å². The predicted molar refractivity (Wildman–Crippen MR) is 61.9 cm³/mol. The topological polar surface area (TPSA) is 46.2 Å². The van der Waals surface area contributed by atoms with E-state index in [2.05, 4.69) is 0 Å². The zero-order chi connectivity index (χ0) is 10.6. The molecule has 0 aromatic heterocycles. The molecule has 2 nitrogen and oxygen atoms in total. The van der Waals surface area contributed by atoms with Crippen LogP contribution < -0.4 is 5.73 Å². The molecule has 0 aliphatic rings. The summed E-state index contributed by atoms with van der Waals surface area (Å²) in [6, 6.07) is 4.06. The lowest BCUT2D eigenvalue weighted by molar-refractivity contribution is 0.279. The predicted octanol–water partition coefficient (Wildman–Crippen LogP) is 2.67. The van der Waals surface area contributed by atoms with Gasteiger partial charge in [-0.15, -0.1) is 12.4 Å². The average Bonchev–Trinajstić information content (AvgIpc) is 2.14. The van der Waals surface area contributed by atoms with Crippen molar-refractivity contribution in [1.29, 1.82) is 0 Å². The van der Waals surface area contributed by atoms with Crippen LogP contribution in [0.25, 0.3) is 0 Å². The summed E-state index contributed by atoms with van der Waals surface area (Å²) in [7, 11) is 0. The second kappa shape index (κ2) is 7.01. The minimum Gasteiger partial charge on any atom is -0.396 e. The van der Waals surface area contributed by atoms with Gasteiger partial charge in [-0.3, -0.25) is 0 Å². The summed E-state index contributed by atoms with van der Waals surface area (Å²) in [6.45, 7) is 0.0723. The lowest BCUT2D eigenvalue weighted by atomic mass is 10.0. The number of hydrogen-bond acceptors (Lipinski definition) is 2. The highest BCUT2D eigenvalue weighted by Crippen LogP contribution is 2.21. The van der Waals surface area contributed by atoms with Gasteiger partial charge >= 0.3 is 0 Å². The van der Waals surface area contributed by atoms with Crippen molar-refractivity contribution in [2.45, 2.75) is 18.9 Å². The maximum absolute atomic E-state index is 13.3. The van der Waals surface area contributed by atoms with Gasteiger partial charge < -0.3 is 10.8 Å². The number of rotatable bonds is 4. The molecule has 0 aliphatic carbocycles. The zero-order valence-electron chi connectivity index (χ0n) is 8.12. The number of aliphatic hydroxyl groups excluding tert-OH is 1. The molecule has 1 atom stereocenters. The summed E-state index contributed by atoms with van der Waals surface area (Å²) >= 11 is 5.61. The van der Waals surface area contributed by atoms with Crippen molar-refractivity contribution in [3.63, 3.8) is 0 Å². The van der Waals surface area contributed by atoms with Crippen molar-refractivity contribution in [2.24, 2.45) is 5.73 Å². The highest BCUT2D eigenvalue weighted by Gasteiger charge is 2.10. The summed E-state index contributed by atoms with van der Waals surface area (Å²) in [4.78, 5) is 0. The smallest absolute Gasteiger partial charge is 0.129 e. The molecular formula is C10H14Cl2FNO. The minimum atomic E-state index is -0.386. The van der Waals surface area contributed by atoms with Crippen LogP contribution in [-0.2, 0) is 0 Å². The lowest BCUT2D eigenvalue weighted by Crippen LogP contribution is -2.12. The first-order valence-electron chi connectivity index (χ1n) is 4.46. The largest absolute Gasteiger partial charge is 0.396 e. The molecule has 86 valence electrons. The number of nitrogens with two attached hydrogens (primary N) is 1. The summed E-state index contributed by atoms with van der Waals surface area (Å²) in [5, 5.41) is 8.97. The Hall–Kier alpha value is -0.350. The van der Waals surface area contributed by atoms with Crippen LogP contribution in [0.1, 0.15) is 24.4 Å². The van der Waals surface area contributed by atoms with Crippen LogP contribution in [0, 0.1) is 5.82 Å². The molecule has 1 rings (SSSR count). The molecule has 0 spiro atoms. The van der Waals surface area contributed by atoms with E-state index in [1.54, 1.807) is 12.1 Å². The quantitative estimate of drug-likeness (QED) is 0.867. The summed E-state index contributed by atoms with van der Waals surface area (Å²) in [6.07, 6.45) is 1.14. The SMILES string of the molecule is Cl.N[C@H](CCCO)c1ccc(Cl)cc1F. The maximum atomic E-state index is 13.3. The average molecular weight is 254 g/mol. The van der Waals surface area contributed by atoms with E-state index in [0.29, 0.717) is 23.4 Å². The Kier molecular flexibility index (Phi) is 6.85. The highest BCUT2D eigenvalue weighted by molar-refractivity contribution is 6.30. The second-order valence-electron chi connectivity index (χ2n) is 3.14. The van der Waals surface area contributed by atoms with Crippen molar-refractivity contribution >= 4 is 24.0 Å². The van der Waals surface area contributed by atoms with Crippen molar-refractivity contribution < 1.29 is 9.50 Å². The fourth-order valence-corrected chi connectivity index (χ4v) is 1.43.